The number of halogens is 4. The fourth-order valence-electron chi connectivity index (χ4n) is 3.97. The Morgan fingerprint density at radius 3 is 2.69 bits per heavy atom. The lowest BCUT2D eigenvalue weighted by Gasteiger charge is -2.32. The molecule has 1 aromatic heterocycles. The van der Waals surface area contributed by atoms with E-state index in [2.05, 4.69) is 15.1 Å². The van der Waals surface area contributed by atoms with Gasteiger partial charge in [0.15, 0.2) is 5.16 Å². The summed E-state index contributed by atoms with van der Waals surface area (Å²) in [5, 5.41) is 4.86. The van der Waals surface area contributed by atoms with Crippen LogP contribution in [0.5, 0.6) is 0 Å². The third-order valence-corrected chi connectivity index (χ3v) is 7.82. The zero-order valence-electron chi connectivity index (χ0n) is 19.2. The summed E-state index contributed by atoms with van der Waals surface area (Å²) < 4.78 is 28.5. The normalized spacial score (nSPS) is 15.8. The zero-order chi connectivity index (χ0) is 25.9. The Labute approximate surface area is 222 Å². The Bertz CT molecular complexity index is 1410. The van der Waals surface area contributed by atoms with Crippen LogP contribution in [-0.4, -0.2) is 15.8 Å². The van der Waals surface area contributed by atoms with Crippen molar-refractivity contribution >= 4 is 40.8 Å². The van der Waals surface area contributed by atoms with Gasteiger partial charge in [-0.05, 0) is 54.8 Å². The Morgan fingerprint density at radius 1 is 1.17 bits per heavy atom. The van der Waals surface area contributed by atoms with Gasteiger partial charge in [-0.1, -0.05) is 70.9 Å². The Hall–Kier alpha value is -3.07. The highest BCUT2D eigenvalue weighted by Gasteiger charge is 2.35. The van der Waals surface area contributed by atoms with Gasteiger partial charge in [0.1, 0.15) is 17.5 Å². The summed E-state index contributed by atoms with van der Waals surface area (Å²) in [7, 11) is 0. The number of aromatic amines is 1. The van der Waals surface area contributed by atoms with Crippen LogP contribution in [-0.2, 0) is 11.2 Å². The van der Waals surface area contributed by atoms with Gasteiger partial charge in [0.2, 0.25) is 0 Å². The molecule has 10 heteroatoms. The van der Waals surface area contributed by atoms with E-state index in [1.165, 1.54) is 30.0 Å². The molecule has 0 fully saturated rings. The van der Waals surface area contributed by atoms with Gasteiger partial charge in [0.25, 0.3) is 0 Å². The van der Waals surface area contributed by atoms with E-state index in [0.717, 1.165) is 16.8 Å². The predicted molar refractivity (Wildman–Crippen MR) is 143 cm³/mol. The molecule has 0 saturated heterocycles. The quantitative estimate of drug-likeness (QED) is 0.100. The number of H-pyrrole nitrogens is 1. The van der Waals surface area contributed by atoms with Crippen molar-refractivity contribution in [2.45, 2.75) is 29.7 Å². The highest BCUT2D eigenvalue weighted by molar-refractivity contribution is 7.98. The summed E-state index contributed by atoms with van der Waals surface area (Å²) in [6.07, 6.45) is 8.70. The monoisotopic (exact) mass is 545 g/mol. The van der Waals surface area contributed by atoms with Crippen molar-refractivity contribution in [3.63, 3.8) is 0 Å². The molecule has 1 heterocycles. The lowest BCUT2D eigenvalue weighted by molar-refractivity contribution is 0.617. The number of allylic oxidation sites excluding steroid dienone is 6. The molecule has 1 aliphatic rings. The number of benzene rings is 2. The molecule has 3 aromatic rings. The highest BCUT2D eigenvalue weighted by Crippen LogP contribution is 2.43. The van der Waals surface area contributed by atoms with Crippen molar-refractivity contribution in [3.8, 4) is 0 Å². The molecule has 0 aliphatic heterocycles. The molecular weight excluding hydrogens is 523 g/mol. The maximum Gasteiger partial charge on any atom is 0.165 e. The average molecular weight is 546 g/mol. The van der Waals surface area contributed by atoms with Gasteiger partial charge in [-0.2, -0.15) is 5.10 Å². The number of hydrazone groups is 1. The molecule has 1 atom stereocenters. The molecule has 0 bridgehead atoms. The minimum absolute atomic E-state index is 0.0581. The third-order valence-electron chi connectivity index (χ3n) is 6.14. The van der Waals surface area contributed by atoms with Crippen LogP contribution >= 0.6 is 35.0 Å². The Kier molecular flexibility index (Phi) is 7.88. The van der Waals surface area contributed by atoms with Crippen molar-refractivity contribution in [3.05, 3.63) is 117 Å². The number of imidazole rings is 1. The number of aromatic nitrogens is 2. The van der Waals surface area contributed by atoms with Crippen LogP contribution in [0, 0.1) is 5.82 Å². The molecule has 5 nitrogen and oxygen atoms in total. The summed E-state index contributed by atoms with van der Waals surface area (Å²) in [5.41, 5.74) is 8.43. The van der Waals surface area contributed by atoms with Crippen molar-refractivity contribution in [2.24, 2.45) is 16.7 Å². The fraction of sp³-hybridized carbons (Fsp3) is 0.154. The largest absolute Gasteiger partial charge is 0.382 e. The molecule has 1 aliphatic carbocycles. The Balaban J connectivity index is 1.65. The number of nitrogens with two attached hydrogens (primary N) is 2. The summed E-state index contributed by atoms with van der Waals surface area (Å²) in [5.74, 6) is 4.83. The summed E-state index contributed by atoms with van der Waals surface area (Å²) in [6.45, 7) is 2.02. The van der Waals surface area contributed by atoms with E-state index in [9.17, 15) is 8.78 Å². The second-order valence-electron chi connectivity index (χ2n) is 8.32. The van der Waals surface area contributed by atoms with Crippen molar-refractivity contribution in [1.29, 1.82) is 0 Å². The standard InChI is InChI=1S/C26H23Cl2F2N5S/c1-26(17-3-2-4-19(29)9-7-17,18-8-10-20(27)21(28)12-18)23-13-33-25(34-23)36-14-16-6-5-15(11-22(16)30)24(31)35-32/h2,4-13H,3,14,32H2,1H3,(H2,31,35)(H,33,34). The van der Waals surface area contributed by atoms with E-state index in [4.69, 9.17) is 34.8 Å². The lowest BCUT2D eigenvalue weighted by atomic mass is 9.72. The minimum atomic E-state index is -0.711. The van der Waals surface area contributed by atoms with Crippen molar-refractivity contribution < 1.29 is 8.78 Å². The van der Waals surface area contributed by atoms with Crippen LogP contribution in [0.3, 0.4) is 0 Å². The van der Waals surface area contributed by atoms with E-state index < -0.39 is 11.2 Å². The van der Waals surface area contributed by atoms with Gasteiger partial charge in [-0.25, -0.2) is 13.8 Å². The first-order valence-corrected chi connectivity index (χ1v) is 12.7. The summed E-state index contributed by atoms with van der Waals surface area (Å²) in [6, 6.07) is 10.0. The second-order valence-corrected chi connectivity index (χ2v) is 10.1. The zero-order valence-corrected chi connectivity index (χ0v) is 21.6. The van der Waals surface area contributed by atoms with E-state index in [-0.39, 0.29) is 11.7 Å². The molecule has 4 rings (SSSR count). The smallest absolute Gasteiger partial charge is 0.165 e. The minimum Gasteiger partial charge on any atom is -0.382 e. The van der Waals surface area contributed by atoms with Gasteiger partial charge in [-0.3, -0.25) is 0 Å². The maximum atomic E-state index is 14.6. The molecule has 186 valence electrons. The van der Waals surface area contributed by atoms with Gasteiger partial charge in [-0.15, -0.1) is 0 Å². The SMILES string of the molecule is CC(C1=CC=C(F)C=CC1)(c1ccc(Cl)c(Cl)c1)c1cnc(SCc2ccc(/C(N)=N/N)cc2F)[nH]1. The topological polar surface area (TPSA) is 93.1 Å². The average Bonchev–Trinajstić information content (AvgIpc) is 3.24. The number of nitrogens with zero attached hydrogens (tertiary/aromatic N) is 2. The van der Waals surface area contributed by atoms with Crippen LogP contribution < -0.4 is 11.6 Å². The number of amidine groups is 1. The number of hydrogen-bond acceptors (Lipinski definition) is 4. The van der Waals surface area contributed by atoms with E-state index in [1.807, 2.05) is 13.0 Å². The number of thioether (sulfide) groups is 1. The molecule has 1 unspecified atom stereocenters. The molecular formula is C26H23Cl2F2N5S. The molecule has 5 N–H and O–H groups in total. The van der Waals surface area contributed by atoms with E-state index in [0.29, 0.717) is 38.5 Å². The second kappa shape index (κ2) is 10.9. The third kappa shape index (κ3) is 5.36. The number of hydrogen-bond donors (Lipinski definition) is 3. The van der Waals surface area contributed by atoms with Crippen LogP contribution in [0.1, 0.15) is 35.7 Å². The fourth-order valence-corrected chi connectivity index (χ4v) is 5.10. The summed E-state index contributed by atoms with van der Waals surface area (Å²) >= 11 is 13.9. The first-order valence-electron chi connectivity index (χ1n) is 10.9. The van der Waals surface area contributed by atoms with Crippen LogP contribution in [0.2, 0.25) is 10.0 Å². The van der Waals surface area contributed by atoms with Gasteiger partial charge in [0, 0.05) is 17.0 Å². The molecule has 2 aromatic carbocycles. The van der Waals surface area contributed by atoms with Crippen LogP contribution in [0.25, 0.3) is 0 Å². The van der Waals surface area contributed by atoms with Crippen molar-refractivity contribution in [1.82, 2.24) is 9.97 Å². The molecule has 0 amide bonds. The molecule has 0 saturated carbocycles. The first kappa shape index (κ1) is 26.0. The molecule has 36 heavy (non-hydrogen) atoms. The molecule has 0 radical (unpaired) electrons. The highest BCUT2D eigenvalue weighted by atomic mass is 35.5. The van der Waals surface area contributed by atoms with Crippen LogP contribution in [0.15, 0.2) is 88.6 Å². The van der Waals surface area contributed by atoms with E-state index in [1.54, 1.807) is 42.6 Å². The van der Waals surface area contributed by atoms with Gasteiger partial charge < -0.3 is 16.6 Å². The Morgan fingerprint density at radius 2 is 1.97 bits per heavy atom. The van der Waals surface area contributed by atoms with E-state index >= 15 is 0 Å². The summed E-state index contributed by atoms with van der Waals surface area (Å²) in [4.78, 5) is 7.88. The van der Waals surface area contributed by atoms with Gasteiger partial charge >= 0.3 is 0 Å². The maximum absolute atomic E-state index is 14.6. The predicted octanol–water partition coefficient (Wildman–Crippen LogP) is 6.77. The lowest BCUT2D eigenvalue weighted by Crippen LogP contribution is -2.27. The van der Waals surface area contributed by atoms with Crippen LogP contribution in [0.4, 0.5) is 8.78 Å². The number of nitrogens with one attached hydrogen (secondary N) is 1. The number of rotatable bonds is 7. The van der Waals surface area contributed by atoms with Crippen molar-refractivity contribution in [2.75, 3.05) is 0 Å². The van der Waals surface area contributed by atoms with Gasteiger partial charge in [0.05, 0.1) is 21.7 Å². The molecule has 0 spiro atoms. The first-order chi connectivity index (χ1) is 17.2.